The van der Waals surface area contributed by atoms with Crippen molar-refractivity contribution in [1.29, 1.82) is 0 Å². The second-order valence-corrected chi connectivity index (χ2v) is 3.67. The molecule has 1 atom stereocenters. The summed E-state index contributed by atoms with van der Waals surface area (Å²) in [4.78, 5) is 4.13. The molecule has 0 saturated heterocycles. The van der Waals surface area contributed by atoms with Gasteiger partial charge >= 0.3 is 0 Å². The van der Waals surface area contributed by atoms with Crippen LogP contribution in [0.5, 0.6) is 0 Å². The predicted molar refractivity (Wildman–Crippen MR) is 48.6 cm³/mol. The summed E-state index contributed by atoms with van der Waals surface area (Å²) < 4.78 is 12.9. The Bertz CT molecular complexity index is 321. The van der Waals surface area contributed by atoms with Crippen molar-refractivity contribution in [3.05, 3.63) is 29.3 Å². The highest BCUT2D eigenvalue weighted by Crippen LogP contribution is 2.38. The van der Waals surface area contributed by atoms with Crippen LogP contribution in [-0.4, -0.2) is 4.98 Å². The molecule has 0 aliphatic heterocycles. The standard InChI is InChI=1S/C10H13FN2/c1-6-8(11)4-5-9(13-6)10(12)7-2-3-7/h4-5,7,10H,2-3,12H2,1H3. The minimum atomic E-state index is -0.258. The van der Waals surface area contributed by atoms with Crippen molar-refractivity contribution in [1.82, 2.24) is 4.98 Å². The number of rotatable bonds is 2. The quantitative estimate of drug-likeness (QED) is 0.755. The molecule has 1 unspecified atom stereocenters. The Morgan fingerprint density at radius 3 is 2.77 bits per heavy atom. The van der Waals surface area contributed by atoms with E-state index in [-0.39, 0.29) is 11.9 Å². The Morgan fingerprint density at radius 1 is 1.54 bits per heavy atom. The van der Waals surface area contributed by atoms with Crippen molar-refractivity contribution in [3.63, 3.8) is 0 Å². The molecule has 0 radical (unpaired) electrons. The van der Waals surface area contributed by atoms with E-state index in [9.17, 15) is 4.39 Å². The van der Waals surface area contributed by atoms with Crippen LogP contribution in [0.4, 0.5) is 4.39 Å². The summed E-state index contributed by atoms with van der Waals surface area (Å²) in [6.45, 7) is 1.67. The molecule has 0 bridgehead atoms. The molecule has 1 heterocycles. The molecule has 3 heteroatoms. The monoisotopic (exact) mass is 180 g/mol. The Balaban J connectivity index is 2.24. The van der Waals surface area contributed by atoms with Crippen molar-refractivity contribution in [2.45, 2.75) is 25.8 Å². The van der Waals surface area contributed by atoms with Gasteiger partial charge < -0.3 is 5.73 Å². The highest BCUT2D eigenvalue weighted by molar-refractivity contribution is 5.16. The van der Waals surface area contributed by atoms with E-state index in [1.807, 2.05) is 0 Å². The number of hydrogen-bond donors (Lipinski definition) is 1. The van der Waals surface area contributed by atoms with Crippen molar-refractivity contribution in [2.24, 2.45) is 11.7 Å². The highest BCUT2D eigenvalue weighted by atomic mass is 19.1. The van der Waals surface area contributed by atoms with Gasteiger partial charge in [-0.15, -0.1) is 0 Å². The van der Waals surface area contributed by atoms with Gasteiger partial charge in [-0.2, -0.15) is 0 Å². The summed E-state index contributed by atoms with van der Waals surface area (Å²) in [7, 11) is 0. The van der Waals surface area contributed by atoms with Crippen molar-refractivity contribution in [2.75, 3.05) is 0 Å². The molecule has 1 aliphatic rings. The van der Waals surface area contributed by atoms with Crippen LogP contribution in [0.1, 0.15) is 30.3 Å². The first-order chi connectivity index (χ1) is 6.18. The summed E-state index contributed by atoms with van der Waals surface area (Å²) in [5.41, 5.74) is 7.19. The van der Waals surface area contributed by atoms with Gasteiger partial charge in [-0.05, 0) is 37.8 Å². The molecular weight excluding hydrogens is 167 g/mol. The lowest BCUT2D eigenvalue weighted by Crippen LogP contribution is -2.14. The summed E-state index contributed by atoms with van der Waals surface area (Å²) in [6.07, 6.45) is 2.36. The number of hydrogen-bond acceptors (Lipinski definition) is 2. The summed E-state index contributed by atoms with van der Waals surface area (Å²) in [5.74, 6) is 0.309. The molecule has 13 heavy (non-hydrogen) atoms. The predicted octanol–water partition coefficient (Wildman–Crippen LogP) is 1.94. The van der Waals surface area contributed by atoms with Gasteiger partial charge in [0.05, 0.1) is 11.4 Å². The highest BCUT2D eigenvalue weighted by Gasteiger charge is 2.30. The number of aryl methyl sites for hydroxylation is 1. The fourth-order valence-electron chi connectivity index (χ4n) is 1.45. The lowest BCUT2D eigenvalue weighted by atomic mass is 10.1. The van der Waals surface area contributed by atoms with Crippen molar-refractivity contribution < 1.29 is 4.39 Å². The Labute approximate surface area is 77.0 Å². The SMILES string of the molecule is Cc1nc(C(N)C2CC2)ccc1F. The second kappa shape index (κ2) is 3.07. The van der Waals surface area contributed by atoms with Crippen LogP contribution in [0.25, 0.3) is 0 Å². The zero-order valence-electron chi connectivity index (χ0n) is 7.63. The van der Waals surface area contributed by atoms with E-state index in [2.05, 4.69) is 4.98 Å². The molecule has 2 N–H and O–H groups in total. The fraction of sp³-hybridized carbons (Fsp3) is 0.500. The molecular formula is C10H13FN2. The number of nitrogens with two attached hydrogens (primary N) is 1. The number of pyridine rings is 1. The van der Waals surface area contributed by atoms with E-state index in [0.29, 0.717) is 11.6 Å². The molecule has 2 nitrogen and oxygen atoms in total. The Morgan fingerprint density at radius 2 is 2.23 bits per heavy atom. The third kappa shape index (κ3) is 1.70. The van der Waals surface area contributed by atoms with Gasteiger partial charge in [0, 0.05) is 6.04 Å². The second-order valence-electron chi connectivity index (χ2n) is 3.67. The van der Waals surface area contributed by atoms with Gasteiger partial charge in [-0.1, -0.05) is 0 Å². The van der Waals surface area contributed by atoms with E-state index in [1.54, 1.807) is 13.0 Å². The fourth-order valence-corrected chi connectivity index (χ4v) is 1.45. The zero-order valence-corrected chi connectivity index (χ0v) is 7.63. The van der Waals surface area contributed by atoms with E-state index < -0.39 is 0 Å². The molecule has 70 valence electrons. The van der Waals surface area contributed by atoms with E-state index in [0.717, 1.165) is 5.69 Å². The van der Waals surface area contributed by atoms with Gasteiger partial charge in [0.1, 0.15) is 5.82 Å². The summed E-state index contributed by atoms with van der Waals surface area (Å²) in [5, 5.41) is 0. The normalized spacial score (nSPS) is 18.7. The van der Waals surface area contributed by atoms with Crippen molar-refractivity contribution >= 4 is 0 Å². The average molecular weight is 180 g/mol. The first-order valence-electron chi connectivity index (χ1n) is 4.57. The van der Waals surface area contributed by atoms with Gasteiger partial charge in [-0.25, -0.2) is 4.39 Å². The number of halogens is 1. The average Bonchev–Trinajstić information content (AvgIpc) is 2.91. The third-order valence-corrected chi connectivity index (χ3v) is 2.51. The molecule has 1 aromatic heterocycles. The van der Waals surface area contributed by atoms with Crippen molar-refractivity contribution in [3.8, 4) is 0 Å². The Hall–Kier alpha value is -0.960. The lowest BCUT2D eigenvalue weighted by Gasteiger charge is -2.09. The number of nitrogens with zero attached hydrogens (tertiary/aromatic N) is 1. The first-order valence-corrected chi connectivity index (χ1v) is 4.57. The molecule has 1 aliphatic carbocycles. The minimum absolute atomic E-state index is 0.000648. The maximum absolute atomic E-state index is 12.9. The largest absolute Gasteiger partial charge is 0.322 e. The molecule has 0 aromatic carbocycles. The van der Waals surface area contributed by atoms with Gasteiger partial charge in [0.15, 0.2) is 0 Å². The van der Waals surface area contributed by atoms with Gasteiger partial charge in [0.2, 0.25) is 0 Å². The lowest BCUT2D eigenvalue weighted by molar-refractivity contribution is 0.582. The van der Waals surface area contributed by atoms with E-state index in [1.165, 1.54) is 18.9 Å². The maximum atomic E-state index is 12.9. The van der Waals surface area contributed by atoms with E-state index in [4.69, 9.17) is 5.73 Å². The minimum Gasteiger partial charge on any atom is -0.322 e. The zero-order chi connectivity index (χ0) is 9.42. The van der Waals surface area contributed by atoms with Crippen LogP contribution in [0.3, 0.4) is 0 Å². The Kier molecular flexibility index (Phi) is 2.04. The topological polar surface area (TPSA) is 38.9 Å². The van der Waals surface area contributed by atoms with Crippen LogP contribution in [-0.2, 0) is 0 Å². The van der Waals surface area contributed by atoms with E-state index >= 15 is 0 Å². The first kappa shape index (κ1) is 8.63. The smallest absolute Gasteiger partial charge is 0.144 e. The maximum Gasteiger partial charge on any atom is 0.144 e. The van der Waals surface area contributed by atoms with Crippen LogP contribution >= 0.6 is 0 Å². The summed E-state index contributed by atoms with van der Waals surface area (Å²) in [6, 6.07) is 3.13. The molecule has 1 aromatic rings. The summed E-state index contributed by atoms with van der Waals surface area (Å²) >= 11 is 0. The molecule has 0 amide bonds. The van der Waals surface area contributed by atoms with Gasteiger partial charge in [0.25, 0.3) is 0 Å². The van der Waals surface area contributed by atoms with Crippen LogP contribution in [0.2, 0.25) is 0 Å². The third-order valence-electron chi connectivity index (χ3n) is 2.51. The molecule has 1 fully saturated rings. The van der Waals surface area contributed by atoms with Crippen LogP contribution in [0.15, 0.2) is 12.1 Å². The number of aromatic nitrogens is 1. The molecule has 0 spiro atoms. The van der Waals surface area contributed by atoms with Crippen LogP contribution < -0.4 is 5.73 Å². The molecule has 1 saturated carbocycles. The van der Waals surface area contributed by atoms with Crippen LogP contribution in [0, 0.1) is 18.7 Å². The molecule has 2 rings (SSSR count). The van der Waals surface area contributed by atoms with Gasteiger partial charge in [-0.3, -0.25) is 4.98 Å².